The molecule has 0 saturated heterocycles. The molecule has 0 radical (unpaired) electrons. The molecule has 0 aromatic heterocycles. The van der Waals surface area contributed by atoms with Gasteiger partial charge in [0.05, 0.1) is 0 Å². The molecule has 0 aliphatic heterocycles. The molecule has 0 aromatic rings. The average molecular weight is 256 g/mol. The maximum atomic E-state index is 11.1. The predicted octanol–water partition coefficient (Wildman–Crippen LogP) is 4.08. The Morgan fingerprint density at radius 2 is 1.44 bits per heavy atom. The number of hydrogen-bond acceptors (Lipinski definition) is 1. The van der Waals surface area contributed by atoms with E-state index in [1.54, 1.807) is 0 Å². The summed E-state index contributed by atoms with van der Waals surface area (Å²) >= 11 is 0. The van der Waals surface area contributed by atoms with Gasteiger partial charge in [0, 0.05) is 13.1 Å². The predicted molar refractivity (Wildman–Crippen MR) is 78.8 cm³/mol. The van der Waals surface area contributed by atoms with Crippen molar-refractivity contribution in [3.8, 4) is 0 Å². The Hall–Kier alpha value is -0.730. The number of urea groups is 1. The first-order valence-electron chi connectivity index (χ1n) is 7.68. The molecule has 0 unspecified atom stereocenters. The number of nitrogens with one attached hydrogen (secondary N) is 2. The van der Waals surface area contributed by atoms with E-state index in [1.165, 1.54) is 44.9 Å². The molecule has 0 spiro atoms. The van der Waals surface area contributed by atoms with Gasteiger partial charge in [0.15, 0.2) is 0 Å². The summed E-state index contributed by atoms with van der Waals surface area (Å²) in [6.45, 7) is 8.02. The van der Waals surface area contributed by atoms with E-state index in [1.807, 2.05) is 6.92 Å². The molecule has 0 aromatic carbocycles. The van der Waals surface area contributed by atoms with Crippen molar-refractivity contribution < 1.29 is 4.79 Å². The number of carbonyl (C=O) groups excluding carboxylic acids is 1. The van der Waals surface area contributed by atoms with Crippen molar-refractivity contribution in [2.24, 2.45) is 5.92 Å². The van der Waals surface area contributed by atoms with Gasteiger partial charge in [0.25, 0.3) is 0 Å². The van der Waals surface area contributed by atoms with E-state index in [4.69, 9.17) is 0 Å². The molecule has 108 valence electrons. The molecule has 0 heterocycles. The van der Waals surface area contributed by atoms with Crippen LogP contribution in [0.1, 0.15) is 72.1 Å². The first kappa shape index (κ1) is 17.3. The molecule has 0 atom stereocenters. The minimum atomic E-state index is -0.0359. The van der Waals surface area contributed by atoms with E-state index in [9.17, 15) is 4.79 Å². The maximum Gasteiger partial charge on any atom is 0.314 e. The number of rotatable bonds is 11. The fourth-order valence-electron chi connectivity index (χ4n) is 1.99. The van der Waals surface area contributed by atoms with Gasteiger partial charge in [-0.1, -0.05) is 58.8 Å². The number of amides is 2. The summed E-state index contributed by atoms with van der Waals surface area (Å²) in [7, 11) is 0. The lowest BCUT2D eigenvalue weighted by atomic mass is 10.0. The Balaban J connectivity index is 3.05. The Labute approximate surface area is 113 Å². The third kappa shape index (κ3) is 13.3. The lowest BCUT2D eigenvalue weighted by Crippen LogP contribution is -2.35. The third-order valence-corrected chi connectivity index (χ3v) is 3.08. The van der Waals surface area contributed by atoms with Crippen LogP contribution in [0.5, 0.6) is 0 Å². The molecular weight excluding hydrogens is 224 g/mol. The van der Waals surface area contributed by atoms with Gasteiger partial charge in [-0.15, -0.1) is 0 Å². The van der Waals surface area contributed by atoms with Crippen LogP contribution in [0.25, 0.3) is 0 Å². The molecule has 2 N–H and O–H groups in total. The summed E-state index contributed by atoms with van der Waals surface area (Å²) in [5.74, 6) is 0.852. The van der Waals surface area contributed by atoms with Gasteiger partial charge in [-0.05, 0) is 19.3 Å². The maximum absolute atomic E-state index is 11.1. The van der Waals surface area contributed by atoms with Gasteiger partial charge in [-0.2, -0.15) is 0 Å². The molecule has 18 heavy (non-hydrogen) atoms. The summed E-state index contributed by atoms with van der Waals surface area (Å²) in [6.07, 6.45) is 10.5. The summed E-state index contributed by atoms with van der Waals surface area (Å²) < 4.78 is 0. The summed E-state index contributed by atoms with van der Waals surface area (Å²) in [5.41, 5.74) is 0. The van der Waals surface area contributed by atoms with E-state index in [2.05, 4.69) is 24.5 Å². The summed E-state index contributed by atoms with van der Waals surface area (Å²) in [5, 5.41) is 5.59. The monoisotopic (exact) mass is 256 g/mol. The topological polar surface area (TPSA) is 41.1 Å². The minimum Gasteiger partial charge on any atom is -0.338 e. The quantitative estimate of drug-likeness (QED) is 0.537. The average Bonchev–Trinajstić information content (AvgIpc) is 2.31. The zero-order valence-corrected chi connectivity index (χ0v) is 12.6. The van der Waals surface area contributed by atoms with Crippen LogP contribution in [-0.4, -0.2) is 19.1 Å². The van der Waals surface area contributed by atoms with Crippen LogP contribution in [0, 0.1) is 5.92 Å². The molecule has 0 rings (SSSR count). The number of unbranched alkanes of at least 4 members (excludes halogenated alkanes) is 6. The molecule has 0 fully saturated rings. The lowest BCUT2D eigenvalue weighted by molar-refractivity contribution is 0.241. The Morgan fingerprint density at radius 3 is 2.00 bits per heavy atom. The van der Waals surface area contributed by atoms with Crippen molar-refractivity contribution in [2.45, 2.75) is 72.1 Å². The molecule has 0 aliphatic rings. The van der Waals surface area contributed by atoms with Gasteiger partial charge in [0.2, 0.25) is 0 Å². The number of hydrogen-bond donors (Lipinski definition) is 2. The normalized spacial score (nSPS) is 10.7. The summed E-state index contributed by atoms with van der Waals surface area (Å²) in [4.78, 5) is 11.1. The van der Waals surface area contributed by atoms with Gasteiger partial charge < -0.3 is 10.6 Å². The van der Waals surface area contributed by atoms with E-state index in [0.29, 0.717) is 6.54 Å². The van der Waals surface area contributed by atoms with E-state index < -0.39 is 0 Å². The molecule has 0 saturated carbocycles. The van der Waals surface area contributed by atoms with Gasteiger partial charge >= 0.3 is 6.03 Å². The SMILES string of the molecule is CCNC(=O)NCCCCCCCCCC(C)C. The fourth-order valence-corrected chi connectivity index (χ4v) is 1.99. The molecule has 3 nitrogen and oxygen atoms in total. The van der Waals surface area contributed by atoms with E-state index >= 15 is 0 Å². The zero-order chi connectivity index (χ0) is 13.6. The highest BCUT2D eigenvalue weighted by Crippen LogP contribution is 2.11. The second kappa shape index (κ2) is 12.7. The Bertz CT molecular complexity index is 193. The van der Waals surface area contributed by atoms with Crippen molar-refractivity contribution in [2.75, 3.05) is 13.1 Å². The van der Waals surface area contributed by atoms with Gasteiger partial charge in [-0.25, -0.2) is 4.79 Å². The first-order valence-corrected chi connectivity index (χ1v) is 7.68. The van der Waals surface area contributed by atoms with Crippen molar-refractivity contribution >= 4 is 6.03 Å². The lowest BCUT2D eigenvalue weighted by Gasteiger charge is -2.06. The summed E-state index contributed by atoms with van der Waals surface area (Å²) in [6, 6.07) is -0.0359. The molecule has 0 aliphatic carbocycles. The van der Waals surface area contributed by atoms with Crippen LogP contribution in [0.4, 0.5) is 4.79 Å². The Morgan fingerprint density at radius 1 is 0.889 bits per heavy atom. The standard InChI is InChI=1S/C15H32N2O/c1-4-16-15(18)17-13-11-9-7-5-6-8-10-12-14(2)3/h14H,4-13H2,1-3H3,(H2,16,17,18). The van der Waals surface area contributed by atoms with Crippen LogP contribution in [0.2, 0.25) is 0 Å². The first-order chi connectivity index (χ1) is 8.66. The highest BCUT2D eigenvalue weighted by atomic mass is 16.2. The van der Waals surface area contributed by atoms with Crippen LogP contribution in [-0.2, 0) is 0 Å². The second-order valence-electron chi connectivity index (χ2n) is 5.44. The zero-order valence-electron chi connectivity index (χ0n) is 12.6. The second-order valence-corrected chi connectivity index (χ2v) is 5.44. The van der Waals surface area contributed by atoms with Crippen molar-refractivity contribution in [3.63, 3.8) is 0 Å². The molecule has 0 bridgehead atoms. The van der Waals surface area contributed by atoms with Crippen LogP contribution < -0.4 is 10.6 Å². The number of carbonyl (C=O) groups is 1. The van der Waals surface area contributed by atoms with Crippen LogP contribution in [0.15, 0.2) is 0 Å². The highest BCUT2D eigenvalue weighted by molar-refractivity contribution is 5.73. The van der Waals surface area contributed by atoms with Crippen molar-refractivity contribution in [3.05, 3.63) is 0 Å². The van der Waals surface area contributed by atoms with E-state index in [-0.39, 0.29) is 6.03 Å². The molecule has 3 heteroatoms. The van der Waals surface area contributed by atoms with Crippen LogP contribution >= 0.6 is 0 Å². The molecule has 2 amide bonds. The fraction of sp³-hybridized carbons (Fsp3) is 0.933. The third-order valence-electron chi connectivity index (χ3n) is 3.08. The van der Waals surface area contributed by atoms with E-state index in [0.717, 1.165) is 18.9 Å². The highest BCUT2D eigenvalue weighted by Gasteiger charge is 1.97. The van der Waals surface area contributed by atoms with Crippen LogP contribution in [0.3, 0.4) is 0 Å². The van der Waals surface area contributed by atoms with Gasteiger partial charge in [0.1, 0.15) is 0 Å². The van der Waals surface area contributed by atoms with Gasteiger partial charge in [-0.3, -0.25) is 0 Å². The van der Waals surface area contributed by atoms with Crippen molar-refractivity contribution in [1.82, 2.24) is 10.6 Å². The van der Waals surface area contributed by atoms with Crippen molar-refractivity contribution in [1.29, 1.82) is 0 Å². The smallest absolute Gasteiger partial charge is 0.314 e. The minimum absolute atomic E-state index is 0.0359. The Kier molecular flexibility index (Phi) is 12.2. The largest absolute Gasteiger partial charge is 0.338 e. The molecular formula is C15H32N2O.